The zero-order valence-electron chi connectivity index (χ0n) is 17.2. The van der Waals surface area contributed by atoms with Crippen molar-refractivity contribution >= 4 is 32.9 Å². The van der Waals surface area contributed by atoms with Crippen LogP contribution in [0.3, 0.4) is 0 Å². The third kappa shape index (κ3) is 3.79. The molecular weight excluding hydrogens is 448 g/mol. The van der Waals surface area contributed by atoms with Crippen LogP contribution in [0.15, 0.2) is 72.8 Å². The Kier molecular flexibility index (Phi) is 5.24. The molecule has 164 valence electrons. The van der Waals surface area contributed by atoms with E-state index in [1.165, 1.54) is 6.07 Å². The highest BCUT2D eigenvalue weighted by Gasteiger charge is 2.53. The van der Waals surface area contributed by atoms with E-state index in [1.54, 1.807) is 30.3 Å². The average Bonchev–Trinajstić information content (AvgIpc) is 3.34. The van der Waals surface area contributed by atoms with Crippen LogP contribution < -0.4 is 4.18 Å². The number of halogens is 1. The molecule has 0 radical (unpaired) electrons. The van der Waals surface area contributed by atoms with Crippen LogP contribution in [-0.2, 0) is 14.9 Å². The highest BCUT2D eigenvalue weighted by Crippen LogP contribution is 2.50. The number of aryl methyl sites for hydroxylation is 1. The van der Waals surface area contributed by atoms with Crippen LogP contribution >= 0.6 is 11.6 Å². The molecule has 2 aliphatic rings. The number of benzene rings is 3. The van der Waals surface area contributed by atoms with Gasteiger partial charge in [0.15, 0.2) is 0 Å². The molecule has 0 aromatic heterocycles. The van der Waals surface area contributed by atoms with Crippen LogP contribution in [0.1, 0.15) is 23.1 Å². The number of aromatic hydroxyl groups is 1. The number of fused-ring (bicyclic) bond motifs is 2. The lowest BCUT2D eigenvalue weighted by Gasteiger charge is -2.24. The summed E-state index contributed by atoms with van der Waals surface area (Å²) < 4.78 is 38.1. The second-order valence-electron chi connectivity index (χ2n) is 8.09. The molecule has 7 heteroatoms. The van der Waals surface area contributed by atoms with Gasteiger partial charge in [-0.1, -0.05) is 59.6 Å². The van der Waals surface area contributed by atoms with Crippen molar-refractivity contribution in [3.8, 4) is 11.5 Å². The zero-order valence-corrected chi connectivity index (χ0v) is 18.8. The summed E-state index contributed by atoms with van der Waals surface area (Å²) >= 11 is 5.99. The quantitative estimate of drug-likeness (QED) is 0.520. The van der Waals surface area contributed by atoms with Gasteiger partial charge < -0.3 is 14.0 Å². The van der Waals surface area contributed by atoms with Crippen molar-refractivity contribution in [3.05, 3.63) is 94.5 Å². The first-order chi connectivity index (χ1) is 15.3. The first kappa shape index (κ1) is 21.1. The molecule has 3 aromatic carbocycles. The van der Waals surface area contributed by atoms with Gasteiger partial charge >= 0.3 is 10.1 Å². The number of ether oxygens (including phenoxy) is 1. The molecule has 2 bridgehead atoms. The van der Waals surface area contributed by atoms with Gasteiger partial charge in [-0.25, -0.2) is 0 Å². The highest BCUT2D eigenvalue weighted by molar-refractivity contribution is 7.87. The smallest absolute Gasteiger partial charge is 0.315 e. The molecule has 2 aliphatic heterocycles. The first-order valence-electron chi connectivity index (χ1n) is 10.3. The van der Waals surface area contributed by atoms with E-state index in [2.05, 4.69) is 0 Å². The molecule has 1 fully saturated rings. The normalized spacial score (nSPS) is 22.4. The minimum atomic E-state index is -3.98. The third-order valence-corrected chi connectivity index (χ3v) is 7.75. The molecule has 5 rings (SSSR count). The van der Waals surface area contributed by atoms with Crippen LogP contribution in [-0.4, -0.2) is 31.0 Å². The van der Waals surface area contributed by atoms with Crippen molar-refractivity contribution in [2.45, 2.75) is 30.8 Å². The van der Waals surface area contributed by atoms with Crippen molar-refractivity contribution in [2.75, 3.05) is 0 Å². The topological polar surface area (TPSA) is 72.8 Å². The minimum Gasteiger partial charge on any atom is -0.508 e. The Bertz CT molecular complexity index is 1300. The van der Waals surface area contributed by atoms with Crippen LogP contribution in [0.4, 0.5) is 0 Å². The van der Waals surface area contributed by atoms with Gasteiger partial charge in [0.2, 0.25) is 0 Å². The van der Waals surface area contributed by atoms with E-state index >= 15 is 0 Å². The van der Waals surface area contributed by atoms with Gasteiger partial charge in [0.1, 0.15) is 22.9 Å². The van der Waals surface area contributed by atoms with E-state index in [9.17, 15) is 13.5 Å². The molecule has 2 heterocycles. The Balaban J connectivity index is 1.56. The van der Waals surface area contributed by atoms with Gasteiger partial charge in [0.05, 0.1) is 6.10 Å². The predicted molar refractivity (Wildman–Crippen MR) is 124 cm³/mol. The molecule has 0 aliphatic carbocycles. The zero-order chi connectivity index (χ0) is 22.5. The van der Waals surface area contributed by atoms with E-state index < -0.39 is 21.5 Å². The SMILES string of the molecule is Cc1ccc(C2=C(c3ccc(O)cc3)[C@@H]3C[C@@H](S(=O)(=O)Oc4cccc(Cl)c4)[C@H]2O3)cc1. The van der Waals surface area contributed by atoms with Gasteiger partial charge in [-0.15, -0.1) is 0 Å². The molecule has 5 nitrogen and oxygen atoms in total. The summed E-state index contributed by atoms with van der Waals surface area (Å²) in [6.07, 6.45) is -0.752. The van der Waals surface area contributed by atoms with Gasteiger partial charge in [-0.2, -0.15) is 8.42 Å². The Labute approximate surface area is 192 Å². The standard InChI is InChI=1S/C25H21ClO5S/c1-15-5-7-17(8-6-15)24-23(16-9-11-19(27)12-10-16)21-14-22(25(24)30-21)32(28,29)31-20-4-2-3-18(26)13-20/h2-13,21-22,25,27H,14H2,1H3/t21-,22+,25+/m0/s1. The second kappa shape index (κ2) is 7.96. The van der Waals surface area contributed by atoms with Crippen LogP contribution in [0.5, 0.6) is 11.5 Å². The predicted octanol–water partition coefficient (Wildman–Crippen LogP) is 5.21. The number of hydrogen-bond donors (Lipinski definition) is 1. The van der Waals surface area contributed by atoms with Crippen LogP contribution in [0, 0.1) is 6.92 Å². The maximum atomic E-state index is 13.2. The van der Waals surface area contributed by atoms with E-state index in [0.717, 1.165) is 27.8 Å². The Morgan fingerprint density at radius 1 is 0.969 bits per heavy atom. The second-order valence-corrected chi connectivity index (χ2v) is 10.3. The Morgan fingerprint density at radius 3 is 2.31 bits per heavy atom. The molecule has 3 atom stereocenters. The lowest BCUT2D eigenvalue weighted by molar-refractivity contribution is 0.128. The van der Waals surface area contributed by atoms with E-state index in [-0.39, 0.29) is 17.6 Å². The highest BCUT2D eigenvalue weighted by atomic mass is 35.5. The number of phenolic OH excluding ortho intramolecular Hbond substituents is 1. The van der Waals surface area contributed by atoms with Gasteiger partial charge in [0, 0.05) is 17.5 Å². The maximum absolute atomic E-state index is 13.2. The van der Waals surface area contributed by atoms with Crippen molar-refractivity contribution in [3.63, 3.8) is 0 Å². The number of rotatable bonds is 5. The molecule has 1 N–H and O–H groups in total. The summed E-state index contributed by atoms with van der Waals surface area (Å²) in [6.45, 7) is 2.00. The van der Waals surface area contributed by atoms with Gasteiger partial charge in [-0.3, -0.25) is 0 Å². The fourth-order valence-corrected chi connectivity index (χ4v) is 6.03. The molecule has 0 spiro atoms. The summed E-state index contributed by atoms with van der Waals surface area (Å²) in [4.78, 5) is 0. The first-order valence-corrected chi connectivity index (χ1v) is 12.1. The van der Waals surface area contributed by atoms with Crippen molar-refractivity contribution in [2.24, 2.45) is 0 Å². The van der Waals surface area contributed by atoms with Crippen LogP contribution in [0.25, 0.3) is 11.1 Å². The summed E-state index contributed by atoms with van der Waals surface area (Å²) in [5.41, 5.74) is 4.72. The molecule has 1 saturated heterocycles. The molecule has 0 saturated carbocycles. The van der Waals surface area contributed by atoms with Crippen molar-refractivity contribution in [1.29, 1.82) is 0 Å². The monoisotopic (exact) mass is 468 g/mol. The summed E-state index contributed by atoms with van der Waals surface area (Å²) in [5, 5.41) is 9.26. The van der Waals surface area contributed by atoms with E-state index in [1.807, 2.05) is 43.3 Å². The lowest BCUT2D eigenvalue weighted by atomic mass is 9.83. The maximum Gasteiger partial charge on any atom is 0.315 e. The molecule has 0 amide bonds. The molecule has 0 unspecified atom stereocenters. The summed E-state index contributed by atoms with van der Waals surface area (Å²) in [6, 6.07) is 21.2. The molecule has 3 aromatic rings. The van der Waals surface area contributed by atoms with E-state index in [0.29, 0.717) is 11.4 Å². The number of hydrogen-bond acceptors (Lipinski definition) is 5. The summed E-state index contributed by atoms with van der Waals surface area (Å²) in [7, 11) is -3.98. The van der Waals surface area contributed by atoms with Gasteiger partial charge in [-0.05, 0) is 53.5 Å². The molecular formula is C25H21ClO5S. The lowest BCUT2D eigenvalue weighted by Crippen LogP contribution is -2.35. The van der Waals surface area contributed by atoms with Crippen molar-refractivity contribution in [1.82, 2.24) is 0 Å². The van der Waals surface area contributed by atoms with Crippen molar-refractivity contribution < 1.29 is 22.4 Å². The molecule has 32 heavy (non-hydrogen) atoms. The van der Waals surface area contributed by atoms with Crippen LogP contribution in [0.2, 0.25) is 5.02 Å². The van der Waals surface area contributed by atoms with E-state index in [4.69, 9.17) is 20.5 Å². The Morgan fingerprint density at radius 2 is 1.62 bits per heavy atom. The fraction of sp³-hybridized carbons (Fsp3) is 0.200. The largest absolute Gasteiger partial charge is 0.508 e. The van der Waals surface area contributed by atoms with Gasteiger partial charge in [0.25, 0.3) is 0 Å². The summed E-state index contributed by atoms with van der Waals surface area (Å²) in [5.74, 6) is 0.352. The number of phenols is 1. The fourth-order valence-electron chi connectivity index (χ4n) is 4.44. The average molecular weight is 469 g/mol. The minimum absolute atomic E-state index is 0.172. The third-order valence-electron chi connectivity index (χ3n) is 5.91. The Hall–Kier alpha value is -2.80.